The predicted molar refractivity (Wildman–Crippen MR) is 71.1 cm³/mol. The van der Waals surface area contributed by atoms with Crippen molar-refractivity contribution in [3.63, 3.8) is 0 Å². The van der Waals surface area contributed by atoms with Crippen LogP contribution in [0.4, 0.5) is 0 Å². The van der Waals surface area contributed by atoms with E-state index in [2.05, 4.69) is 63.4 Å². The van der Waals surface area contributed by atoms with Gasteiger partial charge in [-0.1, -0.05) is 52.0 Å². The van der Waals surface area contributed by atoms with Gasteiger partial charge in [-0.2, -0.15) is 0 Å². The van der Waals surface area contributed by atoms with Gasteiger partial charge in [0.1, 0.15) is 0 Å². The largest absolute Gasteiger partial charge is 0.144 e. The quantitative estimate of drug-likeness (QED) is 0.626. The Labute approximate surface area is 97.3 Å². The summed E-state index contributed by atoms with van der Waals surface area (Å²) in [6, 6.07) is 4.29. The summed E-state index contributed by atoms with van der Waals surface area (Å²) in [5.74, 6) is 1.21. The fraction of sp³-hybridized carbons (Fsp3) is 0.429. The summed E-state index contributed by atoms with van der Waals surface area (Å²) < 4.78 is 0. The van der Waals surface area contributed by atoms with Gasteiger partial charge in [0, 0.05) is 4.88 Å². The van der Waals surface area contributed by atoms with Crippen molar-refractivity contribution >= 4 is 16.9 Å². The highest BCUT2D eigenvalue weighted by Gasteiger charge is 2.00. The van der Waals surface area contributed by atoms with E-state index in [1.165, 1.54) is 10.5 Å². The first-order valence-electron chi connectivity index (χ1n) is 5.53. The minimum atomic E-state index is 0.596. The topological polar surface area (TPSA) is 0 Å². The highest BCUT2D eigenvalue weighted by molar-refractivity contribution is 7.11. The van der Waals surface area contributed by atoms with E-state index in [4.69, 9.17) is 0 Å². The second-order valence-corrected chi connectivity index (χ2v) is 5.39. The number of hydrogen-bond donors (Lipinski definition) is 0. The molecule has 1 rings (SSSR count). The molecule has 0 aliphatic rings. The van der Waals surface area contributed by atoms with E-state index in [9.17, 15) is 0 Å². The lowest BCUT2D eigenvalue weighted by atomic mass is 10.1. The first-order valence-corrected chi connectivity index (χ1v) is 6.41. The van der Waals surface area contributed by atoms with Gasteiger partial charge in [0.05, 0.1) is 0 Å². The van der Waals surface area contributed by atoms with E-state index < -0.39 is 0 Å². The molecule has 0 nitrogen and oxygen atoms in total. The second-order valence-electron chi connectivity index (χ2n) is 4.45. The van der Waals surface area contributed by atoms with Crippen LogP contribution in [-0.2, 0) is 0 Å². The third-order valence-corrected chi connectivity index (χ3v) is 2.90. The van der Waals surface area contributed by atoms with Crippen LogP contribution in [0.15, 0.2) is 35.7 Å². The molecule has 15 heavy (non-hydrogen) atoms. The normalized spacial score (nSPS) is 13.3. The van der Waals surface area contributed by atoms with E-state index in [0.717, 1.165) is 0 Å². The molecule has 1 aromatic rings. The molecular weight excluding hydrogens is 200 g/mol. The molecule has 0 unspecified atom stereocenters. The maximum absolute atomic E-state index is 2.32. The van der Waals surface area contributed by atoms with Gasteiger partial charge in [-0.15, -0.1) is 11.3 Å². The van der Waals surface area contributed by atoms with Crippen molar-refractivity contribution < 1.29 is 0 Å². The Morgan fingerprint density at radius 3 is 2.40 bits per heavy atom. The highest BCUT2D eigenvalue weighted by Crippen LogP contribution is 2.23. The van der Waals surface area contributed by atoms with Gasteiger partial charge < -0.3 is 0 Å². The lowest BCUT2D eigenvalue weighted by molar-refractivity contribution is 0.827. The minimum absolute atomic E-state index is 0.596. The molecule has 0 bridgehead atoms. The SMILES string of the molecule is CC(C)/C=C(/C=C/C(C)C)c1cccs1. The molecule has 0 saturated heterocycles. The molecule has 1 heteroatoms. The van der Waals surface area contributed by atoms with E-state index in [-0.39, 0.29) is 0 Å². The molecule has 0 fully saturated rings. The van der Waals surface area contributed by atoms with Gasteiger partial charge in [0.2, 0.25) is 0 Å². The average molecular weight is 220 g/mol. The van der Waals surface area contributed by atoms with Crippen molar-refractivity contribution in [1.82, 2.24) is 0 Å². The van der Waals surface area contributed by atoms with Crippen LogP contribution in [0.2, 0.25) is 0 Å². The van der Waals surface area contributed by atoms with Crippen molar-refractivity contribution in [1.29, 1.82) is 0 Å². The van der Waals surface area contributed by atoms with Crippen LogP contribution >= 0.6 is 11.3 Å². The van der Waals surface area contributed by atoms with Crippen molar-refractivity contribution in [3.8, 4) is 0 Å². The number of rotatable bonds is 4. The lowest BCUT2D eigenvalue weighted by Crippen LogP contribution is -1.84. The fourth-order valence-electron chi connectivity index (χ4n) is 1.32. The molecule has 1 heterocycles. The molecule has 0 radical (unpaired) electrons. The van der Waals surface area contributed by atoms with Gasteiger partial charge >= 0.3 is 0 Å². The summed E-state index contributed by atoms with van der Waals surface area (Å²) in [6.07, 6.45) is 6.83. The maximum Gasteiger partial charge on any atom is 0.0339 e. The Bertz CT molecular complexity index is 326. The van der Waals surface area contributed by atoms with Crippen molar-refractivity contribution in [2.45, 2.75) is 27.7 Å². The van der Waals surface area contributed by atoms with Crippen molar-refractivity contribution in [3.05, 3.63) is 40.6 Å². The minimum Gasteiger partial charge on any atom is -0.144 e. The average Bonchev–Trinajstić information content (AvgIpc) is 2.63. The van der Waals surface area contributed by atoms with Gasteiger partial charge in [0.15, 0.2) is 0 Å². The van der Waals surface area contributed by atoms with Gasteiger partial charge in [-0.3, -0.25) is 0 Å². The van der Waals surface area contributed by atoms with Crippen LogP contribution in [-0.4, -0.2) is 0 Å². The monoisotopic (exact) mass is 220 g/mol. The van der Waals surface area contributed by atoms with Crippen LogP contribution in [0.25, 0.3) is 5.57 Å². The number of thiophene rings is 1. The molecule has 0 aliphatic heterocycles. The summed E-state index contributed by atoms with van der Waals surface area (Å²) in [7, 11) is 0. The standard InChI is InChI=1S/C14H20S/c1-11(2)7-8-13(10-12(3)4)14-6-5-9-15-14/h5-12H,1-4H3/b8-7+,13-10-. The smallest absolute Gasteiger partial charge is 0.0339 e. The molecule has 0 saturated carbocycles. The molecule has 0 spiro atoms. The summed E-state index contributed by atoms with van der Waals surface area (Å²) in [5, 5.41) is 2.13. The van der Waals surface area contributed by atoms with Crippen LogP contribution < -0.4 is 0 Å². The van der Waals surface area contributed by atoms with E-state index in [1.807, 2.05) is 0 Å². The van der Waals surface area contributed by atoms with Crippen LogP contribution in [0, 0.1) is 11.8 Å². The fourth-order valence-corrected chi connectivity index (χ4v) is 2.05. The van der Waals surface area contributed by atoms with Gasteiger partial charge in [-0.25, -0.2) is 0 Å². The zero-order valence-corrected chi connectivity index (χ0v) is 10.8. The first-order chi connectivity index (χ1) is 7.09. The molecule has 1 aromatic heterocycles. The summed E-state index contributed by atoms with van der Waals surface area (Å²) in [6.45, 7) is 8.85. The Kier molecular flexibility index (Phi) is 4.83. The highest BCUT2D eigenvalue weighted by atomic mass is 32.1. The molecule has 0 aliphatic carbocycles. The predicted octanol–water partition coefficient (Wildman–Crippen LogP) is 5.00. The Hall–Kier alpha value is -0.820. The third kappa shape index (κ3) is 4.48. The zero-order chi connectivity index (χ0) is 11.3. The molecule has 0 N–H and O–H groups in total. The van der Waals surface area contributed by atoms with Gasteiger partial charge in [0.25, 0.3) is 0 Å². The maximum atomic E-state index is 2.32. The molecule has 0 amide bonds. The lowest BCUT2D eigenvalue weighted by Gasteiger charge is -2.03. The van der Waals surface area contributed by atoms with Crippen LogP contribution in [0.5, 0.6) is 0 Å². The molecule has 0 atom stereocenters. The second kappa shape index (κ2) is 5.92. The summed E-state index contributed by atoms with van der Waals surface area (Å²) >= 11 is 1.81. The Morgan fingerprint density at radius 1 is 1.20 bits per heavy atom. The van der Waals surface area contributed by atoms with Crippen LogP contribution in [0.3, 0.4) is 0 Å². The molecule has 82 valence electrons. The first kappa shape index (κ1) is 12.3. The Balaban J connectivity index is 2.90. The molecular formula is C14H20S. The van der Waals surface area contributed by atoms with E-state index in [0.29, 0.717) is 11.8 Å². The van der Waals surface area contributed by atoms with Crippen molar-refractivity contribution in [2.75, 3.05) is 0 Å². The Morgan fingerprint density at radius 2 is 1.93 bits per heavy atom. The third-order valence-electron chi connectivity index (χ3n) is 1.98. The number of hydrogen-bond acceptors (Lipinski definition) is 1. The van der Waals surface area contributed by atoms with E-state index in [1.54, 1.807) is 11.3 Å². The van der Waals surface area contributed by atoms with Crippen molar-refractivity contribution in [2.24, 2.45) is 11.8 Å². The zero-order valence-electron chi connectivity index (χ0n) is 10.0. The summed E-state index contributed by atoms with van der Waals surface area (Å²) in [5.41, 5.74) is 1.36. The van der Waals surface area contributed by atoms with E-state index >= 15 is 0 Å². The number of allylic oxidation sites excluding steroid dienone is 4. The van der Waals surface area contributed by atoms with Gasteiger partial charge in [-0.05, 0) is 28.9 Å². The molecule has 0 aromatic carbocycles. The van der Waals surface area contributed by atoms with Crippen LogP contribution in [0.1, 0.15) is 32.6 Å². The summed E-state index contributed by atoms with van der Waals surface area (Å²) in [4.78, 5) is 1.36.